The summed E-state index contributed by atoms with van der Waals surface area (Å²) in [7, 11) is 3.91. The highest BCUT2D eigenvalue weighted by atomic mass is 32.1. The van der Waals surface area contributed by atoms with Gasteiger partial charge in [-0.3, -0.25) is 4.79 Å². The number of furan rings is 1. The van der Waals surface area contributed by atoms with Gasteiger partial charge in [-0.25, -0.2) is 4.79 Å². The van der Waals surface area contributed by atoms with Crippen LogP contribution in [0.4, 0.5) is 16.2 Å². The number of nitrogens with one attached hydrogen (secondary N) is 2. The fourth-order valence-electron chi connectivity index (χ4n) is 3.73. The van der Waals surface area contributed by atoms with Crippen molar-refractivity contribution in [3.05, 3.63) is 106 Å². The lowest BCUT2D eigenvalue weighted by Gasteiger charge is -2.25. The number of thiophene rings is 1. The number of carbonyl (C=O) groups is 2. The average molecular weight is 489 g/mol. The van der Waals surface area contributed by atoms with Crippen molar-refractivity contribution >= 4 is 34.6 Å². The van der Waals surface area contributed by atoms with Crippen molar-refractivity contribution in [2.45, 2.75) is 19.6 Å². The SMILES string of the molecule is CN(C)c1ccc(NC(=O)NCc2ccccc2)cc1CN(Cc1ccco1)C(=O)c1cccs1. The molecule has 180 valence electrons. The monoisotopic (exact) mass is 488 g/mol. The number of hydrogen-bond donors (Lipinski definition) is 2. The molecule has 8 heteroatoms. The summed E-state index contributed by atoms with van der Waals surface area (Å²) in [5.74, 6) is 0.635. The first-order chi connectivity index (χ1) is 17.0. The molecule has 0 unspecified atom stereocenters. The number of hydrogen-bond acceptors (Lipinski definition) is 5. The molecule has 0 aliphatic carbocycles. The Morgan fingerprint density at radius 1 is 0.943 bits per heavy atom. The molecule has 0 bridgehead atoms. The molecule has 0 radical (unpaired) electrons. The molecule has 35 heavy (non-hydrogen) atoms. The smallest absolute Gasteiger partial charge is 0.319 e. The topological polar surface area (TPSA) is 77.8 Å². The minimum absolute atomic E-state index is 0.0694. The third-order valence-corrected chi connectivity index (χ3v) is 6.28. The van der Waals surface area contributed by atoms with Crippen LogP contribution < -0.4 is 15.5 Å². The van der Waals surface area contributed by atoms with Gasteiger partial charge in [-0.2, -0.15) is 0 Å². The number of rotatable bonds is 9. The van der Waals surface area contributed by atoms with Crippen molar-refractivity contribution < 1.29 is 14.0 Å². The van der Waals surface area contributed by atoms with E-state index in [1.165, 1.54) is 11.3 Å². The molecule has 4 aromatic rings. The summed E-state index contributed by atoms with van der Waals surface area (Å²) < 4.78 is 5.52. The highest BCUT2D eigenvalue weighted by molar-refractivity contribution is 7.12. The number of urea groups is 1. The maximum absolute atomic E-state index is 13.3. The van der Waals surface area contributed by atoms with E-state index in [1.807, 2.05) is 97.2 Å². The molecule has 0 saturated carbocycles. The summed E-state index contributed by atoms with van der Waals surface area (Å²) in [5.41, 5.74) is 3.54. The van der Waals surface area contributed by atoms with E-state index in [4.69, 9.17) is 4.42 Å². The Morgan fingerprint density at radius 2 is 1.77 bits per heavy atom. The number of carbonyl (C=O) groups excluding carboxylic acids is 2. The summed E-state index contributed by atoms with van der Waals surface area (Å²) in [6, 6.07) is 22.5. The Kier molecular flexibility index (Phi) is 7.84. The van der Waals surface area contributed by atoms with E-state index >= 15 is 0 Å². The second kappa shape index (κ2) is 11.4. The third-order valence-electron chi connectivity index (χ3n) is 5.42. The third kappa shape index (κ3) is 6.51. The molecule has 0 atom stereocenters. The molecule has 2 N–H and O–H groups in total. The van der Waals surface area contributed by atoms with Gasteiger partial charge in [0.15, 0.2) is 0 Å². The lowest BCUT2D eigenvalue weighted by molar-refractivity contribution is 0.0723. The van der Waals surface area contributed by atoms with Crippen LogP contribution in [-0.4, -0.2) is 30.9 Å². The van der Waals surface area contributed by atoms with Crippen LogP contribution in [0.15, 0.2) is 88.9 Å². The van der Waals surface area contributed by atoms with Gasteiger partial charge >= 0.3 is 6.03 Å². The molecule has 0 aliphatic heterocycles. The largest absolute Gasteiger partial charge is 0.467 e. The summed E-state index contributed by atoms with van der Waals surface area (Å²) >= 11 is 1.41. The lowest BCUT2D eigenvalue weighted by Crippen LogP contribution is -2.30. The highest BCUT2D eigenvalue weighted by Gasteiger charge is 2.21. The molecule has 0 saturated heterocycles. The van der Waals surface area contributed by atoms with E-state index in [2.05, 4.69) is 10.6 Å². The average Bonchev–Trinajstić information content (AvgIpc) is 3.57. The van der Waals surface area contributed by atoms with Crippen LogP contribution in [0, 0.1) is 0 Å². The van der Waals surface area contributed by atoms with Gasteiger partial charge in [0.1, 0.15) is 5.76 Å². The molecular weight excluding hydrogens is 460 g/mol. The summed E-state index contributed by atoms with van der Waals surface area (Å²) in [5, 5.41) is 7.67. The van der Waals surface area contributed by atoms with Gasteiger partial charge in [-0.1, -0.05) is 36.4 Å². The van der Waals surface area contributed by atoms with Crippen LogP contribution in [0.3, 0.4) is 0 Å². The van der Waals surface area contributed by atoms with Crippen LogP contribution in [0.1, 0.15) is 26.6 Å². The van der Waals surface area contributed by atoms with Gasteiger partial charge in [0, 0.05) is 38.6 Å². The zero-order chi connectivity index (χ0) is 24.6. The van der Waals surface area contributed by atoms with Gasteiger partial charge in [-0.05, 0) is 52.9 Å². The maximum atomic E-state index is 13.3. The Balaban J connectivity index is 1.53. The highest BCUT2D eigenvalue weighted by Crippen LogP contribution is 2.26. The summed E-state index contributed by atoms with van der Waals surface area (Å²) in [4.78, 5) is 30.2. The molecule has 2 heterocycles. The Morgan fingerprint density at radius 3 is 2.46 bits per heavy atom. The molecular formula is C27H28N4O3S. The van der Waals surface area contributed by atoms with E-state index in [-0.39, 0.29) is 11.9 Å². The van der Waals surface area contributed by atoms with Gasteiger partial charge in [0.25, 0.3) is 5.91 Å². The Bertz CT molecular complexity index is 1240. The zero-order valence-corrected chi connectivity index (χ0v) is 20.5. The Hall–Kier alpha value is -4.04. The van der Waals surface area contributed by atoms with Crippen molar-refractivity contribution in [2.24, 2.45) is 0 Å². The van der Waals surface area contributed by atoms with Gasteiger partial charge in [0.2, 0.25) is 0 Å². The van der Waals surface area contributed by atoms with Gasteiger partial charge in [0.05, 0.1) is 17.7 Å². The minimum Gasteiger partial charge on any atom is -0.467 e. The number of amides is 3. The molecule has 7 nitrogen and oxygen atoms in total. The van der Waals surface area contributed by atoms with Crippen LogP contribution in [-0.2, 0) is 19.6 Å². The lowest BCUT2D eigenvalue weighted by atomic mass is 10.1. The predicted molar refractivity (Wildman–Crippen MR) is 140 cm³/mol. The van der Waals surface area contributed by atoms with E-state index in [0.717, 1.165) is 16.8 Å². The first-order valence-corrected chi connectivity index (χ1v) is 12.1. The number of benzene rings is 2. The normalized spacial score (nSPS) is 10.6. The van der Waals surface area contributed by atoms with E-state index in [0.29, 0.717) is 36.0 Å². The van der Waals surface area contributed by atoms with E-state index in [1.54, 1.807) is 11.2 Å². The van der Waals surface area contributed by atoms with Crippen molar-refractivity contribution in [2.75, 3.05) is 24.3 Å². The predicted octanol–water partition coefficient (Wildman–Crippen LogP) is 5.57. The zero-order valence-electron chi connectivity index (χ0n) is 19.7. The first kappa shape index (κ1) is 24.1. The number of nitrogens with zero attached hydrogens (tertiary/aromatic N) is 2. The molecule has 4 rings (SSSR count). The Labute approximate surface area is 209 Å². The molecule has 3 amide bonds. The maximum Gasteiger partial charge on any atom is 0.319 e. The fourth-order valence-corrected chi connectivity index (χ4v) is 4.42. The summed E-state index contributed by atoms with van der Waals surface area (Å²) in [6.07, 6.45) is 1.60. The summed E-state index contributed by atoms with van der Waals surface area (Å²) in [6.45, 7) is 1.12. The van der Waals surface area contributed by atoms with Crippen molar-refractivity contribution in [3.8, 4) is 0 Å². The van der Waals surface area contributed by atoms with Crippen molar-refractivity contribution in [1.29, 1.82) is 0 Å². The van der Waals surface area contributed by atoms with Crippen LogP contribution in [0.25, 0.3) is 0 Å². The van der Waals surface area contributed by atoms with Crippen molar-refractivity contribution in [1.82, 2.24) is 10.2 Å². The van der Waals surface area contributed by atoms with Crippen LogP contribution >= 0.6 is 11.3 Å². The van der Waals surface area contributed by atoms with Crippen LogP contribution in [0.5, 0.6) is 0 Å². The standard InChI is InChI=1S/C27H28N4O3S/c1-30(2)24-13-12-22(29-27(33)28-17-20-8-4-3-5-9-20)16-21(24)18-31(19-23-10-6-14-34-23)26(32)25-11-7-15-35-25/h3-16H,17-19H2,1-2H3,(H2,28,29,33). The van der Waals surface area contributed by atoms with Gasteiger partial charge < -0.3 is 24.9 Å². The first-order valence-electron chi connectivity index (χ1n) is 11.2. The fraction of sp³-hybridized carbons (Fsp3) is 0.185. The van der Waals surface area contributed by atoms with E-state index in [9.17, 15) is 9.59 Å². The van der Waals surface area contributed by atoms with Gasteiger partial charge in [-0.15, -0.1) is 11.3 Å². The second-order valence-electron chi connectivity index (χ2n) is 8.25. The molecule has 0 aliphatic rings. The number of anilines is 2. The molecule has 0 fully saturated rings. The van der Waals surface area contributed by atoms with Crippen molar-refractivity contribution in [3.63, 3.8) is 0 Å². The van der Waals surface area contributed by atoms with Crippen LogP contribution in [0.2, 0.25) is 0 Å². The molecule has 2 aromatic carbocycles. The molecule has 2 aromatic heterocycles. The minimum atomic E-state index is -0.292. The van der Waals surface area contributed by atoms with E-state index < -0.39 is 0 Å². The quantitative estimate of drug-likeness (QED) is 0.323. The second-order valence-corrected chi connectivity index (χ2v) is 9.20. The molecule has 0 spiro atoms.